The molecule has 1 fully saturated rings. The largest absolute Gasteiger partial charge is 0.490 e. The van der Waals surface area contributed by atoms with Crippen LogP contribution in [0.15, 0.2) is 29.2 Å². The number of alkyl halides is 3. The fraction of sp³-hybridized carbons (Fsp3) is 0.500. The van der Waals surface area contributed by atoms with Crippen LogP contribution >= 0.6 is 0 Å². The first-order valence-corrected chi connectivity index (χ1v) is 8.50. The van der Waals surface area contributed by atoms with E-state index in [-0.39, 0.29) is 0 Å². The summed E-state index contributed by atoms with van der Waals surface area (Å²) < 4.78 is 54.7. The van der Waals surface area contributed by atoms with Gasteiger partial charge in [0.05, 0.1) is 4.90 Å². The van der Waals surface area contributed by atoms with Crippen LogP contribution in [0, 0.1) is 0 Å². The first kappa shape index (κ1) is 19.4. The molecule has 0 saturated heterocycles. The van der Waals surface area contributed by atoms with E-state index in [0.717, 1.165) is 18.4 Å². The van der Waals surface area contributed by atoms with E-state index in [9.17, 15) is 21.6 Å². The van der Waals surface area contributed by atoms with Gasteiger partial charge in [0.1, 0.15) is 0 Å². The quantitative estimate of drug-likeness (QED) is 0.854. The molecule has 1 aliphatic carbocycles. The normalized spacial score (nSPS) is 16.3. The van der Waals surface area contributed by atoms with Gasteiger partial charge in [-0.05, 0) is 30.4 Å². The van der Waals surface area contributed by atoms with E-state index >= 15 is 0 Å². The van der Waals surface area contributed by atoms with Gasteiger partial charge in [-0.2, -0.15) is 13.2 Å². The van der Waals surface area contributed by atoms with Crippen molar-refractivity contribution < 1.29 is 31.5 Å². The Morgan fingerprint density at radius 3 is 2.04 bits per heavy atom. The Labute approximate surface area is 132 Å². The van der Waals surface area contributed by atoms with Crippen LogP contribution < -0.4 is 5.14 Å². The topological polar surface area (TPSA) is 97.5 Å². The van der Waals surface area contributed by atoms with E-state index in [1.54, 1.807) is 12.1 Å². The van der Waals surface area contributed by atoms with Gasteiger partial charge < -0.3 is 5.11 Å². The highest BCUT2D eigenvalue weighted by atomic mass is 32.2. The number of benzene rings is 1. The highest BCUT2D eigenvalue weighted by Crippen LogP contribution is 2.35. The Hall–Kier alpha value is -1.61. The molecule has 5 nitrogen and oxygen atoms in total. The Balaban J connectivity index is 0.000000322. The van der Waals surface area contributed by atoms with Gasteiger partial charge >= 0.3 is 12.1 Å². The summed E-state index contributed by atoms with van der Waals surface area (Å²) >= 11 is 0. The molecule has 0 amide bonds. The minimum atomic E-state index is -5.08. The zero-order valence-electron chi connectivity index (χ0n) is 12.2. The summed E-state index contributed by atoms with van der Waals surface area (Å²) in [5.41, 5.74) is 0.907. The summed E-state index contributed by atoms with van der Waals surface area (Å²) in [6, 6.07) is 7.12. The van der Waals surface area contributed by atoms with Crippen molar-refractivity contribution in [3.05, 3.63) is 29.8 Å². The fourth-order valence-corrected chi connectivity index (χ4v) is 3.32. The zero-order valence-corrected chi connectivity index (χ0v) is 13.0. The Bertz CT molecular complexity index is 638. The number of carboxylic acid groups (broad SMARTS) is 1. The number of sulfonamides is 1. The summed E-state index contributed by atoms with van der Waals surface area (Å²) in [6.07, 6.45) is 0.695. The van der Waals surface area contributed by atoms with Crippen molar-refractivity contribution in [3.8, 4) is 0 Å². The lowest BCUT2D eigenvalue weighted by Crippen LogP contribution is -2.21. The van der Waals surface area contributed by atoms with Crippen molar-refractivity contribution in [1.82, 2.24) is 0 Å². The van der Waals surface area contributed by atoms with E-state index in [2.05, 4.69) is 0 Å². The molecule has 0 spiro atoms. The average Bonchev–Trinajstić information content (AvgIpc) is 2.47. The summed E-state index contributed by atoms with van der Waals surface area (Å²) in [5, 5.41) is 12.4. The predicted molar refractivity (Wildman–Crippen MR) is 77.3 cm³/mol. The Kier molecular flexibility index (Phi) is 6.57. The molecule has 3 N–H and O–H groups in total. The smallest absolute Gasteiger partial charge is 0.475 e. The molecule has 0 aromatic heterocycles. The second-order valence-corrected chi connectivity index (χ2v) is 6.75. The molecule has 2 rings (SSSR count). The van der Waals surface area contributed by atoms with Gasteiger partial charge in [0, 0.05) is 0 Å². The maximum absolute atomic E-state index is 11.5. The molecule has 1 aromatic carbocycles. The second kappa shape index (κ2) is 7.78. The molecule has 0 heterocycles. The highest BCUT2D eigenvalue weighted by Gasteiger charge is 2.38. The van der Waals surface area contributed by atoms with Gasteiger partial charge in [-0.3, -0.25) is 0 Å². The van der Waals surface area contributed by atoms with Crippen LogP contribution in [0.5, 0.6) is 0 Å². The van der Waals surface area contributed by atoms with Crippen molar-refractivity contribution in [2.45, 2.75) is 49.1 Å². The molecular formula is C14H18F3NO4S. The van der Waals surface area contributed by atoms with Gasteiger partial charge in [-0.1, -0.05) is 37.5 Å². The lowest BCUT2D eigenvalue weighted by Gasteiger charge is -2.23. The Morgan fingerprint density at radius 1 is 1.13 bits per heavy atom. The average molecular weight is 353 g/mol. The molecule has 9 heteroatoms. The van der Waals surface area contributed by atoms with Crippen LogP contribution in [0.1, 0.15) is 43.6 Å². The number of halogens is 3. The molecule has 0 radical (unpaired) electrons. The first-order chi connectivity index (χ1) is 10.5. The third-order valence-electron chi connectivity index (χ3n) is 3.51. The molecular weight excluding hydrogens is 335 g/mol. The molecule has 1 aliphatic rings. The third-order valence-corrected chi connectivity index (χ3v) is 4.50. The number of carboxylic acids is 1. The molecule has 0 unspecified atom stereocenters. The molecule has 130 valence electrons. The van der Waals surface area contributed by atoms with Crippen molar-refractivity contribution in [2.75, 3.05) is 0 Å². The molecule has 1 saturated carbocycles. The van der Waals surface area contributed by atoms with Gasteiger partial charge in [-0.25, -0.2) is 18.4 Å². The number of primary sulfonamides is 1. The van der Waals surface area contributed by atoms with Crippen molar-refractivity contribution in [2.24, 2.45) is 5.14 Å². The number of aliphatic carboxylic acids is 1. The number of rotatable bonds is 2. The van der Waals surface area contributed by atoms with E-state index in [4.69, 9.17) is 15.0 Å². The maximum Gasteiger partial charge on any atom is 0.490 e. The van der Waals surface area contributed by atoms with Gasteiger partial charge in [-0.15, -0.1) is 0 Å². The standard InChI is InChI=1S/C12H17NO2S.C2HF3O2/c13-16(14,15)12-9-5-4-8-11(12)10-6-2-1-3-7-10;3-2(4,5)1(6)7/h4-5,8-10H,1-3,6-7H2,(H2,13,14,15);(H,6,7). The molecule has 0 bridgehead atoms. The van der Waals surface area contributed by atoms with Crippen LogP contribution in [0.4, 0.5) is 13.2 Å². The van der Waals surface area contributed by atoms with Gasteiger partial charge in [0.25, 0.3) is 0 Å². The summed E-state index contributed by atoms with van der Waals surface area (Å²) in [7, 11) is -3.58. The minimum Gasteiger partial charge on any atom is -0.475 e. The van der Waals surface area contributed by atoms with Crippen molar-refractivity contribution in [3.63, 3.8) is 0 Å². The summed E-state index contributed by atoms with van der Waals surface area (Å²) in [6.45, 7) is 0. The van der Waals surface area contributed by atoms with E-state index in [1.165, 1.54) is 19.3 Å². The minimum absolute atomic E-state index is 0.307. The predicted octanol–water partition coefficient (Wildman–Crippen LogP) is 3.02. The molecule has 0 aliphatic heterocycles. The highest BCUT2D eigenvalue weighted by molar-refractivity contribution is 7.89. The SMILES string of the molecule is NS(=O)(=O)c1ccccc1C1CCCCC1.O=C(O)C(F)(F)F. The lowest BCUT2D eigenvalue weighted by molar-refractivity contribution is -0.192. The van der Waals surface area contributed by atoms with E-state index in [1.807, 2.05) is 12.1 Å². The molecule has 1 aromatic rings. The van der Waals surface area contributed by atoms with Gasteiger partial charge in [0.2, 0.25) is 10.0 Å². The maximum atomic E-state index is 11.5. The molecule has 0 atom stereocenters. The number of carbonyl (C=O) groups is 1. The van der Waals surface area contributed by atoms with Crippen LogP contribution in [0.2, 0.25) is 0 Å². The number of hydrogen-bond acceptors (Lipinski definition) is 3. The molecule has 23 heavy (non-hydrogen) atoms. The van der Waals surface area contributed by atoms with E-state index < -0.39 is 22.2 Å². The number of hydrogen-bond donors (Lipinski definition) is 2. The summed E-state index contributed by atoms with van der Waals surface area (Å²) in [5.74, 6) is -2.39. The van der Waals surface area contributed by atoms with Crippen LogP contribution in [-0.2, 0) is 14.8 Å². The summed E-state index contributed by atoms with van der Waals surface area (Å²) in [4.78, 5) is 9.20. The third kappa shape index (κ3) is 6.19. The fourth-order valence-electron chi connectivity index (χ4n) is 2.49. The van der Waals surface area contributed by atoms with Crippen molar-refractivity contribution >= 4 is 16.0 Å². The zero-order chi connectivity index (χ0) is 17.7. The second-order valence-electron chi connectivity index (χ2n) is 5.22. The Morgan fingerprint density at radius 2 is 1.61 bits per heavy atom. The van der Waals surface area contributed by atoms with Crippen LogP contribution in [0.25, 0.3) is 0 Å². The van der Waals surface area contributed by atoms with E-state index in [0.29, 0.717) is 10.8 Å². The first-order valence-electron chi connectivity index (χ1n) is 6.95. The van der Waals surface area contributed by atoms with Crippen LogP contribution in [0.3, 0.4) is 0 Å². The van der Waals surface area contributed by atoms with Crippen molar-refractivity contribution in [1.29, 1.82) is 0 Å². The monoisotopic (exact) mass is 353 g/mol. The number of nitrogens with two attached hydrogens (primary N) is 1. The lowest BCUT2D eigenvalue weighted by atomic mass is 9.84. The van der Waals surface area contributed by atoms with Crippen LogP contribution in [-0.4, -0.2) is 25.7 Å². The van der Waals surface area contributed by atoms with Gasteiger partial charge in [0.15, 0.2) is 0 Å².